The van der Waals surface area contributed by atoms with Gasteiger partial charge in [0, 0.05) is 17.0 Å². The predicted molar refractivity (Wildman–Crippen MR) is 124 cm³/mol. The Hall–Kier alpha value is -3.43. The minimum Gasteiger partial charge on any atom is -0.493 e. The maximum atomic E-state index is 13.9. The smallest absolute Gasteiger partial charge is 0.311 e. The van der Waals surface area contributed by atoms with Gasteiger partial charge in [-0.1, -0.05) is 23.7 Å². The summed E-state index contributed by atoms with van der Waals surface area (Å²) < 4.78 is 29.6. The number of nitrogens with one attached hydrogen (secondary N) is 1. The quantitative estimate of drug-likeness (QED) is 0.339. The van der Waals surface area contributed by atoms with Crippen LogP contribution in [-0.2, 0) is 27.4 Å². The number of methoxy groups -OCH3 is 2. The minimum absolute atomic E-state index is 0.0377. The highest BCUT2D eigenvalue weighted by atomic mass is 35.5. The summed E-state index contributed by atoms with van der Waals surface area (Å²) in [7, 11) is 2.78. The number of benzene rings is 2. The molecule has 0 spiro atoms. The fourth-order valence-corrected chi connectivity index (χ4v) is 3.64. The second kappa shape index (κ2) is 11.4. The molecule has 3 aromatic rings. The zero-order valence-electron chi connectivity index (χ0n) is 17.8. The van der Waals surface area contributed by atoms with E-state index in [9.17, 15) is 14.0 Å². The van der Waals surface area contributed by atoms with Gasteiger partial charge in [0.1, 0.15) is 12.4 Å². The third-order valence-electron chi connectivity index (χ3n) is 4.38. The van der Waals surface area contributed by atoms with Gasteiger partial charge in [-0.3, -0.25) is 14.9 Å². The van der Waals surface area contributed by atoms with Crippen molar-refractivity contribution in [2.24, 2.45) is 0 Å². The number of anilines is 1. The Bertz CT molecular complexity index is 1160. The zero-order valence-corrected chi connectivity index (χ0v) is 19.3. The predicted octanol–water partition coefficient (Wildman–Crippen LogP) is 4.89. The average Bonchev–Trinajstić information content (AvgIpc) is 3.24. The molecule has 0 aliphatic rings. The largest absolute Gasteiger partial charge is 0.493 e. The molecule has 0 aliphatic carbocycles. The minimum atomic E-state index is -0.454. The molecule has 0 saturated carbocycles. The lowest BCUT2D eigenvalue weighted by atomic mass is 10.2. The van der Waals surface area contributed by atoms with Crippen molar-refractivity contribution in [3.8, 4) is 11.5 Å². The lowest BCUT2D eigenvalue weighted by molar-refractivity contribution is -0.139. The van der Waals surface area contributed by atoms with E-state index in [1.165, 1.54) is 43.8 Å². The zero-order chi connectivity index (χ0) is 23.8. The van der Waals surface area contributed by atoms with Crippen molar-refractivity contribution in [1.29, 1.82) is 0 Å². The first kappa shape index (κ1) is 24.2. The van der Waals surface area contributed by atoms with Crippen molar-refractivity contribution in [1.82, 2.24) is 4.98 Å². The molecule has 10 heteroatoms. The molecular weight excluding hydrogens is 471 g/mol. The lowest BCUT2D eigenvalue weighted by Crippen LogP contribution is -2.08. The number of esters is 1. The van der Waals surface area contributed by atoms with E-state index in [4.69, 9.17) is 21.1 Å². The molecule has 0 aliphatic heterocycles. The number of rotatable bonds is 9. The monoisotopic (exact) mass is 490 g/mol. The highest BCUT2D eigenvalue weighted by Gasteiger charge is 2.11. The Labute approximate surface area is 198 Å². The summed E-state index contributed by atoms with van der Waals surface area (Å²) in [4.78, 5) is 27.7. The Morgan fingerprint density at radius 2 is 2.03 bits per heavy atom. The van der Waals surface area contributed by atoms with E-state index >= 15 is 0 Å². The highest BCUT2D eigenvalue weighted by molar-refractivity contribution is 7.14. The van der Waals surface area contributed by atoms with E-state index in [2.05, 4.69) is 15.0 Å². The van der Waals surface area contributed by atoms with Crippen LogP contribution in [0, 0.1) is 5.82 Å². The van der Waals surface area contributed by atoms with Crippen LogP contribution in [0.4, 0.5) is 9.52 Å². The Kier molecular flexibility index (Phi) is 8.39. The van der Waals surface area contributed by atoms with Gasteiger partial charge in [-0.25, -0.2) is 9.37 Å². The number of thiazole rings is 1. The molecule has 0 saturated heterocycles. The van der Waals surface area contributed by atoms with Crippen molar-refractivity contribution in [2.75, 3.05) is 19.5 Å². The van der Waals surface area contributed by atoms with Crippen LogP contribution >= 0.6 is 22.9 Å². The molecule has 33 heavy (non-hydrogen) atoms. The van der Waals surface area contributed by atoms with Gasteiger partial charge in [0.25, 0.3) is 0 Å². The van der Waals surface area contributed by atoms with Gasteiger partial charge in [-0.15, -0.1) is 11.3 Å². The van der Waals surface area contributed by atoms with E-state index in [0.29, 0.717) is 27.9 Å². The molecule has 172 valence electrons. The van der Waals surface area contributed by atoms with E-state index in [1.54, 1.807) is 35.7 Å². The summed E-state index contributed by atoms with van der Waals surface area (Å²) in [6.45, 7) is -0.0642. The number of halogens is 2. The average molecular weight is 491 g/mol. The fraction of sp³-hybridized carbons (Fsp3) is 0.174. The SMILES string of the molecule is COC(=O)Cc1csc(NC(=O)/C=C/c2ccc(OCc3c(F)cccc3Cl)c(OC)c2)n1. The number of carbonyl (C=O) groups excluding carboxylic acids is 2. The van der Waals surface area contributed by atoms with E-state index < -0.39 is 11.8 Å². The first-order chi connectivity index (χ1) is 15.9. The summed E-state index contributed by atoms with van der Waals surface area (Å²) in [6, 6.07) is 9.49. The molecule has 1 N–H and O–H groups in total. The summed E-state index contributed by atoms with van der Waals surface area (Å²) in [5.74, 6) is -0.430. The number of hydrogen-bond donors (Lipinski definition) is 1. The number of amides is 1. The van der Waals surface area contributed by atoms with E-state index in [-0.39, 0.29) is 29.5 Å². The molecule has 0 radical (unpaired) electrons. The molecular formula is C23H20ClFN2O5S. The molecule has 2 aromatic carbocycles. The van der Waals surface area contributed by atoms with Gasteiger partial charge in [0.05, 0.1) is 31.4 Å². The van der Waals surface area contributed by atoms with Crippen molar-refractivity contribution < 1.29 is 28.2 Å². The van der Waals surface area contributed by atoms with Gasteiger partial charge in [0.2, 0.25) is 5.91 Å². The number of nitrogens with zero attached hydrogens (tertiary/aromatic N) is 1. The fourth-order valence-electron chi connectivity index (χ4n) is 2.71. The maximum absolute atomic E-state index is 13.9. The molecule has 0 unspecified atom stereocenters. The van der Waals surface area contributed by atoms with Gasteiger partial charge < -0.3 is 14.2 Å². The Morgan fingerprint density at radius 3 is 2.76 bits per heavy atom. The van der Waals surface area contributed by atoms with Crippen LogP contribution in [0.1, 0.15) is 16.8 Å². The van der Waals surface area contributed by atoms with Crippen LogP contribution in [0.3, 0.4) is 0 Å². The van der Waals surface area contributed by atoms with Gasteiger partial charge in [0.15, 0.2) is 16.6 Å². The van der Waals surface area contributed by atoms with Crippen LogP contribution in [0.2, 0.25) is 5.02 Å². The second-order valence-electron chi connectivity index (χ2n) is 6.62. The van der Waals surface area contributed by atoms with Crippen LogP contribution in [0.5, 0.6) is 11.5 Å². The first-order valence-corrected chi connectivity index (χ1v) is 10.9. The summed E-state index contributed by atoms with van der Waals surface area (Å²) >= 11 is 7.24. The normalized spacial score (nSPS) is 10.8. The lowest BCUT2D eigenvalue weighted by Gasteiger charge is -2.12. The third kappa shape index (κ3) is 6.77. The molecule has 0 fully saturated rings. The number of carbonyl (C=O) groups is 2. The van der Waals surface area contributed by atoms with Crippen LogP contribution in [0.25, 0.3) is 6.08 Å². The molecule has 1 heterocycles. The molecule has 1 aromatic heterocycles. The van der Waals surface area contributed by atoms with Crippen molar-refractivity contribution in [3.05, 3.63) is 75.5 Å². The molecule has 3 rings (SSSR count). The van der Waals surface area contributed by atoms with Gasteiger partial charge >= 0.3 is 5.97 Å². The Balaban J connectivity index is 1.62. The summed E-state index contributed by atoms with van der Waals surface area (Å²) in [5.41, 5.74) is 1.45. The van der Waals surface area contributed by atoms with Crippen molar-refractivity contribution in [3.63, 3.8) is 0 Å². The number of aromatic nitrogens is 1. The molecule has 1 amide bonds. The standard InChI is InChI=1S/C23H20ClFN2O5S/c1-30-20-10-14(6-8-19(20)32-12-16-17(24)4-3-5-18(16)25)7-9-21(28)27-23-26-15(13-33-23)11-22(29)31-2/h3-10,13H,11-12H2,1-2H3,(H,26,27,28)/b9-7+. The topological polar surface area (TPSA) is 86.8 Å². The van der Waals surface area contributed by atoms with Crippen LogP contribution < -0.4 is 14.8 Å². The molecule has 7 nitrogen and oxygen atoms in total. The molecule has 0 atom stereocenters. The second-order valence-corrected chi connectivity index (χ2v) is 7.88. The third-order valence-corrected chi connectivity index (χ3v) is 5.54. The first-order valence-electron chi connectivity index (χ1n) is 9.63. The van der Waals surface area contributed by atoms with Gasteiger partial charge in [-0.2, -0.15) is 0 Å². The number of hydrogen-bond acceptors (Lipinski definition) is 7. The highest BCUT2D eigenvalue weighted by Crippen LogP contribution is 2.30. The summed E-state index contributed by atoms with van der Waals surface area (Å²) in [6.07, 6.45) is 2.98. The van der Waals surface area contributed by atoms with Crippen molar-refractivity contribution >= 4 is 46.0 Å². The maximum Gasteiger partial charge on any atom is 0.311 e. The van der Waals surface area contributed by atoms with E-state index in [0.717, 1.165) is 0 Å². The Morgan fingerprint density at radius 1 is 1.21 bits per heavy atom. The van der Waals surface area contributed by atoms with E-state index in [1.807, 2.05) is 0 Å². The van der Waals surface area contributed by atoms with Crippen LogP contribution in [-0.4, -0.2) is 31.1 Å². The van der Waals surface area contributed by atoms with Crippen molar-refractivity contribution in [2.45, 2.75) is 13.0 Å². The van der Waals surface area contributed by atoms with Crippen LogP contribution in [0.15, 0.2) is 47.9 Å². The number of ether oxygens (including phenoxy) is 3. The van der Waals surface area contributed by atoms with Gasteiger partial charge in [-0.05, 0) is 35.9 Å². The molecule has 0 bridgehead atoms. The summed E-state index contributed by atoms with van der Waals surface area (Å²) in [5, 5.41) is 4.96.